The first-order valence-corrected chi connectivity index (χ1v) is 11.3. The summed E-state index contributed by atoms with van der Waals surface area (Å²) < 4.78 is 47.5. The summed E-state index contributed by atoms with van der Waals surface area (Å²) in [5.74, 6) is 4.76. The van der Waals surface area contributed by atoms with Crippen LogP contribution in [0.15, 0.2) is 18.2 Å². The van der Waals surface area contributed by atoms with Crippen molar-refractivity contribution in [1.29, 1.82) is 0 Å². The number of anilines is 1. The maximum Gasteiger partial charge on any atom is 0.433 e. The predicted octanol–water partition coefficient (Wildman–Crippen LogP) is 6.27. The molecule has 4 nitrogen and oxygen atoms in total. The molecule has 0 aliphatic heterocycles. The Labute approximate surface area is 190 Å². The van der Waals surface area contributed by atoms with Crippen molar-refractivity contribution < 1.29 is 27.8 Å². The van der Waals surface area contributed by atoms with Crippen molar-refractivity contribution in [3.63, 3.8) is 0 Å². The van der Waals surface area contributed by atoms with Gasteiger partial charge in [-0.05, 0) is 61.6 Å². The van der Waals surface area contributed by atoms with Crippen molar-refractivity contribution in [2.24, 2.45) is 22.7 Å². The molecule has 1 amide bonds. The number of carbonyl (C=O) groups is 1. The van der Waals surface area contributed by atoms with E-state index in [0.717, 1.165) is 25.3 Å². The highest BCUT2D eigenvalue weighted by Crippen LogP contribution is 2.66. The number of carbonyl (C=O) groups excluding carboxylic acids is 1. The SMILES string of the molecule is CC1(C)C2CC[C@]1(C)C(OC(=O)Nc1ccc(Cl)cc1C(O)(C#CC1CC1)C(F)(F)F)C2. The summed E-state index contributed by atoms with van der Waals surface area (Å²) in [6, 6.07) is 3.54. The highest BCUT2D eigenvalue weighted by molar-refractivity contribution is 6.30. The average molecular weight is 470 g/mol. The second-order valence-corrected chi connectivity index (χ2v) is 10.5. The number of alkyl halides is 3. The number of nitrogens with one attached hydrogen (secondary N) is 1. The van der Waals surface area contributed by atoms with Gasteiger partial charge in [0.25, 0.3) is 0 Å². The van der Waals surface area contributed by atoms with Gasteiger partial charge in [0.1, 0.15) is 6.10 Å². The molecule has 32 heavy (non-hydrogen) atoms. The standard InChI is InChI=1S/C24H27ClF3NO3/c1-21(2)15-9-10-22(21,3)19(12-15)32-20(30)29-18-7-6-16(25)13-17(18)23(31,24(26,27)28)11-8-14-4-5-14/h6-7,13-15,19,31H,4-5,9-10,12H2,1-3H3,(H,29,30)/t15?,19?,22-,23?/m1/s1. The van der Waals surface area contributed by atoms with Crippen molar-refractivity contribution in [1.82, 2.24) is 0 Å². The largest absolute Gasteiger partial charge is 0.445 e. The quantitative estimate of drug-likeness (QED) is 0.513. The van der Waals surface area contributed by atoms with Gasteiger partial charge >= 0.3 is 12.3 Å². The van der Waals surface area contributed by atoms with E-state index in [9.17, 15) is 23.1 Å². The van der Waals surface area contributed by atoms with Crippen LogP contribution in [0.2, 0.25) is 5.02 Å². The van der Waals surface area contributed by atoms with Gasteiger partial charge in [0.05, 0.1) is 5.69 Å². The van der Waals surface area contributed by atoms with Gasteiger partial charge in [0.15, 0.2) is 0 Å². The smallest absolute Gasteiger partial charge is 0.433 e. The van der Waals surface area contributed by atoms with E-state index in [2.05, 4.69) is 32.0 Å². The van der Waals surface area contributed by atoms with Crippen LogP contribution in [0.4, 0.5) is 23.7 Å². The van der Waals surface area contributed by atoms with E-state index in [0.29, 0.717) is 18.8 Å². The van der Waals surface area contributed by atoms with Crippen LogP contribution < -0.4 is 5.32 Å². The van der Waals surface area contributed by atoms with Gasteiger partial charge < -0.3 is 9.84 Å². The number of hydrogen-bond acceptors (Lipinski definition) is 3. The molecule has 3 aliphatic carbocycles. The van der Waals surface area contributed by atoms with Crippen LogP contribution in [0, 0.1) is 34.5 Å². The third kappa shape index (κ3) is 3.76. The number of fused-ring (bicyclic) bond motifs is 2. The predicted molar refractivity (Wildman–Crippen MR) is 115 cm³/mol. The molecule has 2 bridgehead atoms. The summed E-state index contributed by atoms with van der Waals surface area (Å²) in [4.78, 5) is 12.7. The Morgan fingerprint density at radius 1 is 1.25 bits per heavy atom. The molecule has 3 saturated carbocycles. The third-order valence-corrected chi connectivity index (χ3v) is 8.25. The van der Waals surface area contributed by atoms with E-state index in [1.165, 1.54) is 12.1 Å². The molecule has 3 unspecified atom stereocenters. The molecule has 8 heteroatoms. The highest BCUT2D eigenvalue weighted by Gasteiger charge is 2.63. The monoisotopic (exact) mass is 469 g/mol. The summed E-state index contributed by atoms with van der Waals surface area (Å²) >= 11 is 5.94. The summed E-state index contributed by atoms with van der Waals surface area (Å²) in [5, 5.41) is 13.0. The van der Waals surface area contributed by atoms with Gasteiger partial charge in [0.2, 0.25) is 5.60 Å². The second-order valence-electron chi connectivity index (χ2n) is 10.1. The minimum absolute atomic E-state index is 0.0122. The molecule has 4 rings (SSSR count). The van der Waals surface area contributed by atoms with Crippen LogP contribution >= 0.6 is 11.6 Å². The first-order valence-electron chi connectivity index (χ1n) is 10.9. The lowest BCUT2D eigenvalue weighted by Crippen LogP contribution is -2.42. The van der Waals surface area contributed by atoms with Gasteiger partial charge in [-0.3, -0.25) is 5.32 Å². The zero-order valence-corrected chi connectivity index (χ0v) is 19.0. The molecule has 0 spiro atoms. The lowest BCUT2D eigenvalue weighted by molar-refractivity contribution is -0.240. The number of ether oxygens (including phenoxy) is 1. The van der Waals surface area contributed by atoms with E-state index in [-0.39, 0.29) is 33.6 Å². The Hall–Kier alpha value is -1.91. The fourth-order valence-corrected chi connectivity index (χ4v) is 5.40. The van der Waals surface area contributed by atoms with Crippen LogP contribution in [-0.2, 0) is 10.3 Å². The number of halogens is 4. The van der Waals surface area contributed by atoms with Gasteiger partial charge in [-0.15, -0.1) is 0 Å². The van der Waals surface area contributed by atoms with Crippen LogP contribution in [-0.4, -0.2) is 23.5 Å². The molecule has 0 heterocycles. The Balaban J connectivity index is 1.60. The van der Waals surface area contributed by atoms with Crippen molar-refractivity contribution >= 4 is 23.4 Å². The number of benzene rings is 1. The van der Waals surface area contributed by atoms with E-state index in [1.54, 1.807) is 0 Å². The molecule has 3 aliphatic rings. The van der Waals surface area contributed by atoms with Gasteiger partial charge in [-0.25, -0.2) is 4.79 Å². The number of hydrogen-bond donors (Lipinski definition) is 2. The molecular formula is C24H27ClF3NO3. The maximum atomic E-state index is 13.9. The molecule has 0 radical (unpaired) electrons. The average Bonchev–Trinajstić information content (AvgIpc) is 3.46. The molecule has 4 atom stereocenters. The Morgan fingerprint density at radius 3 is 2.47 bits per heavy atom. The van der Waals surface area contributed by atoms with Crippen LogP contribution in [0.3, 0.4) is 0 Å². The summed E-state index contributed by atoms with van der Waals surface area (Å²) in [5.41, 5.74) is -4.51. The minimum atomic E-state index is -5.10. The number of amides is 1. The molecule has 1 aromatic carbocycles. The van der Waals surface area contributed by atoms with E-state index in [4.69, 9.17) is 16.3 Å². The van der Waals surface area contributed by atoms with Crippen molar-refractivity contribution in [3.05, 3.63) is 28.8 Å². The molecule has 0 aromatic heterocycles. The van der Waals surface area contributed by atoms with Crippen LogP contribution in [0.5, 0.6) is 0 Å². The second kappa shape index (κ2) is 7.56. The first-order chi connectivity index (χ1) is 14.8. The molecule has 2 N–H and O–H groups in total. The Bertz CT molecular complexity index is 994. The van der Waals surface area contributed by atoms with E-state index >= 15 is 0 Å². The van der Waals surface area contributed by atoms with Crippen molar-refractivity contribution in [2.75, 3.05) is 5.32 Å². The van der Waals surface area contributed by atoms with Crippen LogP contribution in [0.25, 0.3) is 0 Å². The summed E-state index contributed by atoms with van der Waals surface area (Å²) in [6.07, 6.45) is -2.15. The third-order valence-electron chi connectivity index (χ3n) is 8.02. The number of rotatable bonds is 3. The lowest BCUT2D eigenvalue weighted by Gasteiger charge is -2.38. The van der Waals surface area contributed by atoms with Gasteiger partial charge in [-0.1, -0.05) is 44.2 Å². The molecule has 3 fully saturated rings. The Kier molecular flexibility index (Phi) is 5.50. The summed E-state index contributed by atoms with van der Waals surface area (Å²) in [7, 11) is 0. The Morgan fingerprint density at radius 2 is 1.94 bits per heavy atom. The molecule has 0 saturated heterocycles. The topological polar surface area (TPSA) is 58.6 Å². The molecule has 174 valence electrons. The lowest BCUT2D eigenvalue weighted by atomic mass is 9.70. The van der Waals surface area contributed by atoms with E-state index in [1.807, 2.05) is 5.92 Å². The first kappa shape index (κ1) is 23.3. The minimum Gasteiger partial charge on any atom is -0.445 e. The van der Waals surface area contributed by atoms with Crippen molar-refractivity contribution in [3.8, 4) is 11.8 Å². The van der Waals surface area contributed by atoms with Crippen LogP contribution in [0.1, 0.15) is 58.4 Å². The molecule has 1 aromatic rings. The normalized spacial score (nSPS) is 30.2. The van der Waals surface area contributed by atoms with E-state index < -0.39 is 23.4 Å². The summed E-state index contributed by atoms with van der Waals surface area (Å²) in [6.45, 7) is 6.44. The fourth-order valence-electron chi connectivity index (χ4n) is 5.23. The zero-order valence-electron chi connectivity index (χ0n) is 18.3. The highest BCUT2D eigenvalue weighted by atomic mass is 35.5. The maximum absolute atomic E-state index is 13.9. The van der Waals surface area contributed by atoms with Gasteiger partial charge in [0, 0.05) is 21.9 Å². The number of aliphatic hydroxyl groups is 1. The van der Waals surface area contributed by atoms with Gasteiger partial charge in [-0.2, -0.15) is 13.2 Å². The van der Waals surface area contributed by atoms with Crippen molar-refractivity contribution in [2.45, 2.75) is 70.8 Å². The zero-order chi connectivity index (χ0) is 23.5. The fraction of sp³-hybridized carbons (Fsp3) is 0.625. The molecular weight excluding hydrogens is 443 g/mol.